The van der Waals surface area contributed by atoms with Gasteiger partial charge >= 0.3 is 0 Å². The number of benzene rings is 1. The molecule has 0 saturated heterocycles. The fourth-order valence-corrected chi connectivity index (χ4v) is 3.30. The van der Waals surface area contributed by atoms with Gasteiger partial charge in [-0.05, 0) is 30.9 Å². The van der Waals surface area contributed by atoms with Crippen molar-refractivity contribution >= 4 is 16.7 Å². The maximum absolute atomic E-state index is 5.92. The lowest BCUT2D eigenvalue weighted by molar-refractivity contribution is 0.544. The summed E-state index contributed by atoms with van der Waals surface area (Å²) in [5, 5.41) is 1.17. The zero-order valence-corrected chi connectivity index (χ0v) is 12.2. The second kappa shape index (κ2) is 5.80. The number of aromatic nitrogens is 1. The Morgan fingerprint density at radius 1 is 1.25 bits per heavy atom. The quantitative estimate of drug-likeness (QED) is 0.926. The van der Waals surface area contributed by atoms with Crippen molar-refractivity contribution in [3.05, 3.63) is 35.9 Å². The Bertz CT molecular complexity index is 588. The predicted molar refractivity (Wildman–Crippen MR) is 84.9 cm³/mol. The number of nitrogens with two attached hydrogens (primary N) is 1. The summed E-state index contributed by atoms with van der Waals surface area (Å²) in [5.74, 6) is 1.87. The van der Waals surface area contributed by atoms with Gasteiger partial charge in [0.25, 0.3) is 0 Å². The van der Waals surface area contributed by atoms with E-state index in [1.54, 1.807) is 0 Å². The molecule has 3 rings (SSSR count). The summed E-state index contributed by atoms with van der Waals surface area (Å²) in [5.41, 5.74) is 8.12. The van der Waals surface area contributed by atoms with Crippen LogP contribution in [0, 0.1) is 5.92 Å². The molecule has 3 nitrogen and oxygen atoms in total. The van der Waals surface area contributed by atoms with Crippen molar-refractivity contribution in [2.75, 3.05) is 18.5 Å². The molecule has 0 aliphatic heterocycles. The van der Waals surface area contributed by atoms with Gasteiger partial charge in [0.05, 0.1) is 5.52 Å². The molecule has 0 amide bonds. The maximum atomic E-state index is 5.92. The Labute approximate surface area is 120 Å². The Balaban J connectivity index is 1.91. The van der Waals surface area contributed by atoms with Gasteiger partial charge in [-0.2, -0.15) is 0 Å². The van der Waals surface area contributed by atoms with Gasteiger partial charge in [0.15, 0.2) is 0 Å². The number of pyridine rings is 1. The van der Waals surface area contributed by atoms with Crippen LogP contribution in [-0.2, 0) is 6.54 Å². The van der Waals surface area contributed by atoms with E-state index < -0.39 is 0 Å². The zero-order valence-electron chi connectivity index (χ0n) is 12.2. The Morgan fingerprint density at radius 2 is 2.00 bits per heavy atom. The number of anilines is 1. The molecule has 0 unspecified atom stereocenters. The number of hydrogen-bond acceptors (Lipinski definition) is 3. The van der Waals surface area contributed by atoms with Crippen LogP contribution in [0.2, 0.25) is 0 Å². The summed E-state index contributed by atoms with van der Waals surface area (Å²) in [6.45, 7) is 1.64. The highest BCUT2D eigenvalue weighted by atomic mass is 15.2. The Morgan fingerprint density at radius 3 is 2.75 bits per heavy atom. The van der Waals surface area contributed by atoms with E-state index in [0.717, 1.165) is 29.4 Å². The molecule has 1 fully saturated rings. The van der Waals surface area contributed by atoms with Crippen LogP contribution in [-0.4, -0.2) is 18.6 Å². The minimum absolute atomic E-state index is 0.544. The molecule has 1 aromatic heterocycles. The normalized spacial score (nSPS) is 15.9. The predicted octanol–water partition coefficient (Wildman–Crippen LogP) is 3.32. The molecular weight excluding hydrogens is 246 g/mol. The second-order valence-electron chi connectivity index (χ2n) is 5.90. The van der Waals surface area contributed by atoms with E-state index in [-0.39, 0.29) is 0 Å². The van der Waals surface area contributed by atoms with Gasteiger partial charge in [-0.3, -0.25) is 0 Å². The first-order valence-corrected chi connectivity index (χ1v) is 7.58. The van der Waals surface area contributed by atoms with Crippen LogP contribution in [0.1, 0.15) is 31.2 Å². The summed E-state index contributed by atoms with van der Waals surface area (Å²) in [4.78, 5) is 7.13. The van der Waals surface area contributed by atoms with Gasteiger partial charge in [-0.15, -0.1) is 0 Å². The summed E-state index contributed by atoms with van der Waals surface area (Å²) in [7, 11) is 2.15. The molecule has 2 aromatic rings. The van der Waals surface area contributed by atoms with Crippen molar-refractivity contribution in [1.29, 1.82) is 0 Å². The smallest absolute Gasteiger partial charge is 0.133 e. The first kappa shape index (κ1) is 13.4. The molecule has 1 aliphatic rings. The SMILES string of the molecule is CN(CC1CCCC1)c1nc2ccccc2cc1CN. The van der Waals surface area contributed by atoms with Crippen molar-refractivity contribution in [3.8, 4) is 0 Å². The largest absolute Gasteiger partial charge is 0.359 e. The molecule has 106 valence electrons. The van der Waals surface area contributed by atoms with E-state index in [2.05, 4.69) is 30.1 Å². The first-order chi connectivity index (χ1) is 9.78. The molecule has 1 saturated carbocycles. The fraction of sp³-hybridized carbons (Fsp3) is 0.471. The number of nitrogens with zero attached hydrogens (tertiary/aromatic N) is 2. The van der Waals surface area contributed by atoms with E-state index in [0.29, 0.717) is 6.54 Å². The van der Waals surface area contributed by atoms with E-state index >= 15 is 0 Å². The van der Waals surface area contributed by atoms with Crippen LogP contribution < -0.4 is 10.6 Å². The summed E-state index contributed by atoms with van der Waals surface area (Å²) >= 11 is 0. The molecule has 1 aromatic carbocycles. The van der Waals surface area contributed by atoms with Gasteiger partial charge < -0.3 is 10.6 Å². The van der Waals surface area contributed by atoms with Crippen LogP contribution in [0.25, 0.3) is 10.9 Å². The Kier molecular flexibility index (Phi) is 3.88. The second-order valence-corrected chi connectivity index (χ2v) is 5.90. The molecule has 0 spiro atoms. The molecule has 2 N–H and O–H groups in total. The van der Waals surface area contributed by atoms with E-state index in [1.807, 2.05) is 12.1 Å². The average molecular weight is 269 g/mol. The van der Waals surface area contributed by atoms with Gasteiger partial charge in [-0.1, -0.05) is 31.0 Å². The highest BCUT2D eigenvalue weighted by Crippen LogP contribution is 2.28. The van der Waals surface area contributed by atoms with E-state index in [4.69, 9.17) is 10.7 Å². The summed E-state index contributed by atoms with van der Waals surface area (Å²) in [6, 6.07) is 10.4. The molecular formula is C17H23N3. The molecule has 1 aliphatic carbocycles. The minimum Gasteiger partial charge on any atom is -0.359 e. The fourth-order valence-electron chi connectivity index (χ4n) is 3.30. The molecule has 0 bridgehead atoms. The van der Waals surface area contributed by atoms with Crippen LogP contribution in [0.15, 0.2) is 30.3 Å². The lowest BCUT2D eigenvalue weighted by atomic mass is 10.1. The molecule has 20 heavy (non-hydrogen) atoms. The van der Waals surface area contributed by atoms with Gasteiger partial charge in [0.1, 0.15) is 5.82 Å². The van der Waals surface area contributed by atoms with Crippen molar-refractivity contribution in [3.63, 3.8) is 0 Å². The van der Waals surface area contributed by atoms with Gasteiger partial charge in [0, 0.05) is 31.1 Å². The number of para-hydroxylation sites is 1. The van der Waals surface area contributed by atoms with Gasteiger partial charge in [-0.25, -0.2) is 4.98 Å². The zero-order chi connectivity index (χ0) is 13.9. The third kappa shape index (κ3) is 2.63. The summed E-state index contributed by atoms with van der Waals surface area (Å²) < 4.78 is 0. The third-order valence-electron chi connectivity index (χ3n) is 4.37. The van der Waals surface area contributed by atoms with Crippen molar-refractivity contribution in [1.82, 2.24) is 4.98 Å². The number of fused-ring (bicyclic) bond motifs is 1. The molecule has 0 atom stereocenters. The van der Waals surface area contributed by atoms with Gasteiger partial charge in [0.2, 0.25) is 0 Å². The van der Waals surface area contributed by atoms with E-state index in [1.165, 1.54) is 31.1 Å². The summed E-state index contributed by atoms with van der Waals surface area (Å²) in [6.07, 6.45) is 5.48. The van der Waals surface area contributed by atoms with E-state index in [9.17, 15) is 0 Å². The topological polar surface area (TPSA) is 42.2 Å². The highest BCUT2D eigenvalue weighted by molar-refractivity contribution is 5.81. The average Bonchev–Trinajstić information content (AvgIpc) is 2.98. The van der Waals surface area contributed by atoms with Crippen molar-refractivity contribution in [2.24, 2.45) is 11.7 Å². The lowest BCUT2D eigenvalue weighted by Crippen LogP contribution is -2.26. The molecule has 0 radical (unpaired) electrons. The maximum Gasteiger partial charge on any atom is 0.133 e. The van der Waals surface area contributed by atoms with Crippen LogP contribution in [0.5, 0.6) is 0 Å². The molecule has 1 heterocycles. The van der Waals surface area contributed by atoms with Crippen LogP contribution in [0.3, 0.4) is 0 Å². The van der Waals surface area contributed by atoms with Crippen molar-refractivity contribution < 1.29 is 0 Å². The Hall–Kier alpha value is -1.61. The molecule has 3 heteroatoms. The highest BCUT2D eigenvalue weighted by Gasteiger charge is 2.19. The first-order valence-electron chi connectivity index (χ1n) is 7.58. The standard InChI is InChI=1S/C17H23N3/c1-20(12-13-6-2-3-7-13)17-15(11-18)10-14-8-4-5-9-16(14)19-17/h4-5,8-10,13H,2-3,6-7,11-12,18H2,1H3. The number of hydrogen-bond donors (Lipinski definition) is 1. The monoisotopic (exact) mass is 269 g/mol. The van der Waals surface area contributed by atoms with Crippen molar-refractivity contribution in [2.45, 2.75) is 32.2 Å². The van der Waals surface area contributed by atoms with Crippen LogP contribution in [0.4, 0.5) is 5.82 Å². The van der Waals surface area contributed by atoms with Crippen LogP contribution >= 0.6 is 0 Å². The number of rotatable bonds is 4. The lowest BCUT2D eigenvalue weighted by Gasteiger charge is -2.24. The third-order valence-corrected chi connectivity index (χ3v) is 4.37. The minimum atomic E-state index is 0.544.